The van der Waals surface area contributed by atoms with Gasteiger partial charge in [0.1, 0.15) is 0 Å². The molecule has 3 heterocycles. The number of rotatable bonds is 6. The van der Waals surface area contributed by atoms with Crippen molar-refractivity contribution in [1.29, 1.82) is 0 Å². The SMILES string of the molecule is CN.Cn1cc2c(C=O)cccc2n1.FC(F)(F)COc1nc2c(s1)CCN(CCC1CCCCC1)C2. The van der Waals surface area contributed by atoms with E-state index in [1.807, 2.05) is 25.4 Å². The summed E-state index contributed by atoms with van der Waals surface area (Å²) in [5.41, 5.74) is 6.96. The maximum atomic E-state index is 12.2. The topological polar surface area (TPSA) is 86.3 Å². The lowest BCUT2D eigenvalue weighted by molar-refractivity contribution is -0.153. The lowest BCUT2D eigenvalue weighted by atomic mass is 9.87. The van der Waals surface area contributed by atoms with Crippen molar-refractivity contribution in [2.45, 2.75) is 57.7 Å². The van der Waals surface area contributed by atoms with E-state index in [1.165, 1.54) is 56.9 Å². The van der Waals surface area contributed by atoms with Crippen LogP contribution in [0, 0.1) is 5.92 Å². The number of fused-ring (bicyclic) bond motifs is 2. The average Bonchev–Trinajstić information content (AvgIpc) is 3.49. The molecule has 7 nitrogen and oxygen atoms in total. The van der Waals surface area contributed by atoms with Crippen LogP contribution in [0.3, 0.4) is 0 Å². The molecule has 0 bridgehead atoms. The molecule has 1 saturated carbocycles. The molecule has 2 aliphatic rings. The van der Waals surface area contributed by atoms with Gasteiger partial charge in [-0.05, 0) is 38.4 Å². The van der Waals surface area contributed by atoms with Gasteiger partial charge in [0.15, 0.2) is 12.9 Å². The number of aromatic nitrogens is 3. The zero-order chi connectivity index (χ0) is 26.8. The first-order valence-corrected chi connectivity index (χ1v) is 13.5. The summed E-state index contributed by atoms with van der Waals surface area (Å²) in [7, 11) is 3.34. The van der Waals surface area contributed by atoms with Crippen molar-refractivity contribution < 1.29 is 22.7 Å². The second kappa shape index (κ2) is 13.9. The van der Waals surface area contributed by atoms with Crippen molar-refractivity contribution in [3.05, 3.63) is 40.5 Å². The van der Waals surface area contributed by atoms with E-state index in [-0.39, 0.29) is 5.19 Å². The van der Waals surface area contributed by atoms with Crippen LogP contribution < -0.4 is 10.5 Å². The number of thiazole rings is 1. The minimum Gasteiger partial charge on any atom is -0.460 e. The van der Waals surface area contributed by atoms with Crippen molar-refractivity contribution >= 4 is 28.5 Å². The predicted molar refractivity (Wildman–Crippen MR) is 140 cm³/mol. The quantitative estimate of drug-likeness (QED) is 0.424. The van der Waals surface area contributed by atoms with Gasteiger partial charge < -0.3 is 10.5 Å². The molecule has 3 aromatic rings. The molecule has 0 unspecified atom stereocenters. The molecule has 0 atom stereocenters. The Kier molecular flexibility index (Phi) is 10.9. The number of carbonyl (C=O) groups excluding carboxylic acids is 1. The van der Waals surface area contributed by atoms with Gasteiger partial charge >= 0.3 is 6.18 Å². The van der Waals surface area contributed by atoms with Crippen molar-refractivity contribution in [3.63, 3.8) is 0 Å². The molecule has 5 rings (SSSR count). The Bertz CT molecular complexity index is 1130. The minimum absolute atomic E-state index is 0.154. The first kappa shape index (κ1) is 29.1. The molecule has 2 N–H and O–H groups in total. The lowest BCUT2D eigenvalue weighted by Gasteiger charge is -2.29. The molecule has 2 aromatic heterocycles. The molecule has 1 fully saturated rings. The molecule has 0 spiro atoms. The Hall–Kier alpha value is -2.50. The van der Waals surface area contributed by atoms with Crippen LogP contribution in [0.25, 0.3) is 10.9 Å². The van der Waals surface area contributed by atoms with Gasteiger partial charge in [-0.25, -0.2) is 4.98 Å². The summed E-state index contributed by atoms with van der Waals surface area (Å²) in [6.07, 6.45) is 7.30. The summed E-state index contributed by atoms with van der Waals surface area (Å²) >= 11 is 1.26. The van der Waals surface area contributed by atoms with Crippen molar-refractivity contribution in [1.82, 2.24) is 19.7 Å². The van der Waals surface area contributed by atoms with E-state index in [1.54, 1.807) is 10.7 Å². The number of aryl methyl sites for hydroxylation is 1. The molecular weight excluding hydrogens is 503 g/mol. The van der Waals surface area contributed by atoms with Crippen LogP contribution in [-0.4, -0.2) is 58.9 Å². The highest BCUT2D eigenvalue weighted by atomic mass is 32.1. The molecule has 11 heteroatoms. The maximum Gasteiger partial charge on any atom is 0.422 e. The van der Waals surface area contributed by atoms with Crippen LogP contribution in [0.2, 0.25) is 0 Å². The fourth-order valence-corrected chi connectivity index (χ4v) is 5.66. The smallest absolute Gasteiger partial charge is 0.422 e. The third-order valence-corrected chi connectivity index (χ3v) is 7.62. The third-order valence-electron chi connectivity index (χ3n) is 6.55. The van der Waals surface area contributed by atoms with E-state index in [0.717, 1.165) is 59.7 Å². The molecule has 0 amide bonds. The number of alkyl halides is 3. The zero-order valence-corrected chi connectivity index (χ0v) is 22.3. The molecule has 37 heavy (non-hydrogen) atoms. The van der Waals surface area contributed by atoms with Crippen LogP contribution in [-0.2, 0) is 20.0 Å². The second-order valence-electron chi connectivity index (χ2n) is 9.27. The van der Waals surface area contributed by atoms with E-state index in [9.17, 15) is 18.0 Å². The van der Waals surface area contributed by atoms with Crippen molar-refractivity contribution in [2.24, 2.45) is 18.7 Å². The van der Waals surface area contributed by atoms with Gasteiger partial charge in [-0.15, -0.1) is 0 Å². The summed E-state index contributed by atoms with van der Waals surface area (Å²) in [6.45, 7) is 1.53. The van der Waals surface area contributed by atoms with Crippen molar-refractivity contribution in [3.8, 4) is 5.19 Å². The molecule has 0 saturated heterocycles. The number of ether oxygens (including phenoxy) is 1. The number of benzene rings is 1. The van der Waals surface area contributed by atoms with E-state index in [2.05, 4.69) is 20.7 Å². The molecular formula is C26H36F3N5O2S. The highest BCUT2D eigenvalue weighted by Crippen LogP contribution is 2.32. The Morgan fingerprint density at radius 3 is 2.68 bits per heavy atom. The summed E-state index contributed by atoms with van der Waals surface area (Å²) in [5.74, 6) is 0.853. The molecule has 1 aromatic carbocycles. The highest BCUT2D eigenvalue weighted by molar-refractivity contribution is 7.13. The van der Waals surface area contributed by atoms with Gasteiger partial charge in [0.2, 0.25) is 0 Å². The standard InChI is InChI=1S/C16H23F3N2OS.C9H8N2O.CH5N/c17-16(18,19)11-22-15-20-13-10-21(9-7-14(13)23-15)8-6-12-4-2-1-3-5-12;1-11-5-8-7(6-12)3-2-4-9(8)10-11;1-2/h12H,1-11H2;2-6H,1H3;2H2,1H3. The summed E-state index contributed by atoms with van der Waals surface area (Å²) < 4.78 is 43.1. The van der Waals surface area contributed by atoms with E-state index in [4.69, 9.17) is 4.74 Å². The van der Waals surface area contributed by atoms with Crippen LogP contribution in [0.5, 0.6) is 5.19 Å². The zero-order valence-electron chi connectivity index (χ0n) is 21.5. The van der Waals surface area contributed by atoms with E-state index >= 15 is 0 Å². The van der Waals surface area contributed by atoms with Crippen LogP contribution in [0.4, 0.5) is 13.2 Å². The fraction of sp³-hybridized carbons (Fsp3) is 0.577. The Balaban J connectivity index is 0.000000228. The number of aldehydes is 1. The largest absolute Gasteiger partial charge is 0.460 e. The van der Waals surface area contributed by atoms with Gasteiger partial charge in [-0.2, -0.15) is 18.3 Å². The molecule has 204 valence electrons. The Morgan fingerprint density at radius 2 is 1.97 bits per heavy atom. The van der Waals surface area contributed by atoms with E-state index < -0.39 is 12.8 Å². The second-order valence-corrected chi connectivity index (χ2v) is 10.3. The first-order valence-electron chi connectivity index (χ1n) is 12.7. The minimum atomic E-state index is -4.31. The van der Waals surface area contributed by atoms with Gasteiger partial charge in [0.05, 0.1) is 11.2 Å². The first-order chi connectivity index (χ1) is 17.8. The van der Waals surface area contributed by atoms with Gasteiger partial charge in [0, 0.05) is 42.2 Å². The third kappa shape index (κ3) is 8.79. The molecule has 1 aliphatic carbocycles. The van der Waals surface area contributed by atoms with Crippen LogP contribution in [0.15, 0.2) is 24.4 Å². The highest BCUT2D eigenvalue weighted by Gasteiger charge is 2.30. The normalized spacial score (nSPS) is 16.3. The van der Waals surface area contributed by atoms with E-state index in [0.29, 0.717) is 5.56 Å². The van der Waals surface area contributed by atoms with Crippen LogP contribution in [0.1, 0.15) is 59.5 Å². The Morgan fingerprint density at radius 1 is 1.22 bits per heavy atom. The van der Waals surface area contributed by atoms with Gasteiger partial charge in [0.25, 0.3) is 5.19 Å². The number of nitrogens with zero attached hydrogens (tertiary/aromatic N) is 4. The lowest BCUT2D eigenvalue weighted by Crippen LogP contribution is -2.32. The Labute approximate surface area is 219 Å². The number of hydrogen-bond donors (Lipinski definition) is 1. The van der Waals surface area contributed by atoms with Gasteiger partial charge in [-0.1, -0.05) is 55.6 Å². The average molecular weight is 540 g/mol. The van der Waals surface area contributed by atoms with Crippen LogP contribution >= 0.6 is 11.3 Å². The monoisotopic (exact) mass is 539 g/mol. The predicted octanol–water partition coefficient (Wildman–Crippen LogP) is 5.37. The van der Waals surface area contributed by atoms with Crippen molar-refractivity contribution in [2.75, 3.05) is 26.7 Å². The van der Waals surface area contributed by atoms with Gasteiger partial charge in [-0.3, -0.25) is 14.4 Å². The number of carbonyl (C=O) groups is 1. The summed E-state index contributed by atoms with van der Waals surface area (Å²) in [6, 6.07) is 5.51. The maximum absolute atomic E-state index is 12.2. The molecule has 1 aliphatic heterocycles. The number of nitrogens with two attached hydrogens (primary N) is 1. The molecule has 0 radical (unpaired) electrons. The fourth-order valence-electron chi connectivity index (χ4n) is 4.75. The number of hydrogen-bond acceptors (Lipinski definition) is 7. The number of halogens is 3. The summed E-state index contributed by atoms with van der Waals surface area (Å²) in [5, 5.41) is 5.25. The summed E-state index contributed by atoms with van der Waals surface area (Å²) in [4.78, 5) is 18.3.